The van der Waals surface area contributed by atoms with Crippen molar-refractivity contribution in [2.24, 2.45) is 0 Å². The standard InChI is InChI=1S/C3H6Cl3O4P/c4-3(5,6)1-2-10-11(7,8)9/h1-2H2,(H2,7,8,9). The lowest BCUT2D eigenvalue weighted by Gasteiger charge is -2.10. The van der Waals surface area contributed by atoms with Crippen LogP contribution >= 0.6 is 42.6 Å². The fraction of sp³-hybridized carbons (Fsp3) is 1.00. The van der Waals surface area contributed by atoms with Crippen molar-refractivity contribution in [1.29, 1.82) is 0 Å². The zero-order chi connectivity index (χ0) is 9.12. The lowest BCUT2D eigenvalue weighted by molar-refractivity contribution is 0.195. The molecule has 2 N–H and O–H groups in total. The zero-order valence-electron chi connectivity index (χ0n) is 5.21. The van der Waals surface area contributed by atoms with Crippen LogP contribution in [0.5, 0.6) is 0 Å². The number of phosphoric ester groups is 1. The molecule has 0 aliphatic rings. The summed E-state index contributed by atoms with van der Waals surface area (Å²) >= 11 is 15.8. The van der Waals surface area contributed by atoms with E-state index in [1.54, 1.807) is 0 Å². The van der Waals surface area contributed by atoms with E-state index in [1.807, 2.05) is 0 Å². The van der Waals surface area contributed by atoms with Crippen molar-refractivity contribution in [3.05, 3.63) is 0 Å². The predicted molar refractivity (Wildman–Crippen MR) is 42.9 cm³/mol. The van der Waals surface area contributed by atoms with Crippen molar-refractivity contribution in [3.63, 3.8) is 0 Å². The number of hydrogen-bond acceptors (Lipinski definition) is 2. The van der Waals surface area contributed by atoms with Crippen LogP contribution in [0.15, 0.2) is 0 Å². The Morgan fingerprint density at radius 3 is 2.09 bits per heavy atom. The first kappa shape index (κ1) is 12.0. The smallest absolute Gasteiger partial charge is 0.303 e. The third kappa shape index (κ3) is 11.0. The van der Waals surface area contributed by atoms with Gasteiger partial charge in [0.05, 0.1) is 6.61 Å². The molecule has 0 atom stereocenters. The molecular formula is C3H6Cl3O4P. The summed E-state index contributed by atoms with van der Waals surface area (Å²) in [7, 11) is -4.43. The number of rotatable bonds is 3. The molecule has 0 saturated carbocycles. The molecule has 8 heteroatoms. The summed E-state index contributed by atoms with van der Waals surface area (Å²) in [6.07, 6.45) is -0.0667. The third-order valence-electron chi connectivity index (χ3n) is 0.645. The van der Waals surface area contributed by atoms with E-state index in [4.69, 9.17) is 44.6 Å². The summed E-state index contributed by atoms with van der Waals surface area (Å²) in [4.78, 5) is 16.3. The van der Waals surface area contributed by atoms with Gasteiger partial charge in [0.1, 0.15) is 0 Å². The molecule has 0 bridgehead atoms. The highest BCUT2D eigenvalue weighted by atomic mass is 35.6. The Hall–Kier alpha value is 0.980. The summed E-state index contributed by atoms with van der Waals surface area (Å²) < 4.78 is 12.5. The second-order valence-corrected chi connectivity index (χ2v) is 5.44. The van der Waals surface area contributed by atoms with Gasteiger partial charge in [0.25, 0.3) is 0 Å². The van der Waals surface area contributed by atoms with E-state index >= 15 is 0 Å². The van der Waals surface area contributed by atoms with E-state index in [1.165, 1.54) is 0 Å². The summed E-state index contributed by atoms with van der Waals surface area (Å²) in [6, 6.07) is 0. The minimum absolute atomic E-state index is 0.0667. The van der Waals surface area contributed by atoms with Gasteiger partial charge in [0.2, 0.25) is 0 Å². The molecule has 0 aromatic carbocycles. The summed E-state index contributed by atoms with van der Waals surface area (Å²) in [6.45, 7) is -0.291. The summed E-state index contributed by atoms with van der Waals surface area (Å²) in [5.74, 6) is 0. The average Bonchev–Trinajstić information content (AvgIpc) is 1.55. The van der Waals surface area contributed by atoms with E-state index < -0.39 is 11.6 Å². The van der Waals surface area contributed by atoms with E-state index in [-0.39, 0.29) is 13.0 Å². The van der Waals surface area contributed by atoms with Crippen molar-refractivity contribution in [2.75, 3.05) is 6.61 Å². The second kappa shape index (κ2) is 4.28. The van der Waals surface area contributed by atoms with Gasteiger partial charge in [0.15, 0.2) is 3.79 Å². The van der Waals surface area contributed by atoms with Crippen LogP contribution in [0.4, 0.5) is 0 Å². The quantitative estimate of drug-likeness (QED) is 0.586. The molecule has 0 aromatic heterocycles. The molecule has 0 spiro atoms. The molecule has 0 amide bonds. The monoisotopic (exact) mass is 242 g/mol. The summed E-state index contributed by atoms with van der Waals surface area (Å²) in [5, 5.41) is 0. The molecule has 0 unspecified atom stereocenters. The summed E-state index contributed by atoms with van der Waals surface area (Å²) in [5.41, 5.74) is 0. The Morgan fingerprint density at radius 1 is 1.36 bits per heavy atom. The Bertz CT molecular complexity index is 160. The Labute approximate surface area is 78.6 Å². The van der Waals surface area contributed by atoms with E-state index in [0.29, 0.717) is 0 Å². The highest BCUT2D eigenvalue weighted by Crippen LogP contribution is 2.38. The van der Waals surface area contributed by atoms with E-state index in [9.17, 15) is 4.57 Å². The fourth-order valence-corrected chi connectivity index (χ4v) is 0.841. The van der Waals surface area contributed by atoms with Gasteiger partial charge < -0.3 is 9.79 Å². The average molecular weight is 243 g/mol. The molecule has 0 fully saturated rings. The van der Waals surface area contributed by atoms with Crippen LogP contribution in [-0.2, 0) is 9.09 Å². The van der Waals surface area contributed by atoms with Crippen molar-refractivity contribution < 1.29 is 18.9 Å². The van der Waals surface area contributed by atoms with Crippen LogP contribution in [0, 0.1) is 0 Å². The number of alkyl halides is 3. The molecule has 68 valence electrons. The van der Waals surface area contributed by atoms with Crippen LogP contribution in [0.2, 0.25) is 0 Å². The lowest BCUT2D eigenvalue weighted by Crippen LogP contribution is -2.06. The fourth-order valence-electron chi connectivity index (χ4n) is 0.280. The Kier molecular flexibility index (Phi) is 4.66. The van der Waals surface area contributed by atoms with Gasteiger partial charge in [-0.2, -0.15) is 0 Å². The molecule has 0 aliphatic carbocycles. The maximum Gasteiger partial charge on any atom is 0.469 e. The first-order chi connectivity index (χ1) is 4.71. The van der Waals surface area contributed by atoms with Crippen molar-refractivity contribution in [1.82, 2.24) is 0 Å². The number of phosphoric acid groups is 1. The van der Waals surface area contributed by atoms with Crippen LogP contribution in [0.1, 0.15) is 6.42 Å². The molecule has 0 aliphatic heterocycles. The van der Waals surface area contributed by atoms with Gasteiger partial charge in [-0.1, -0.05) is 34.8 Å². The number of halogens is 3. The Balaban J connectivity index is 3.52. The number of hydrogen-bond donors (Lipinski definition) is 2. The molecule has 0 heterocycles. The molecule has 11 heavy (non-hydrogen) atoms. The van der Waals surface area contributed by atoms with Gasteiger partial charge in [-0.05, 0) is 0 Å². The molecular weight excluding hydrogens is 237 g/mol. The van der Waals surface area contributed by atoms with Crippen molar-refractivity contribution in [2.45, 2.75) is 10.2 Å². The first-order valence-electron chi connectivity index (χ1n) is 2.47. The highest BCUT2D eigenvalue weighted by molar-refractivity contribution is 7.46. The largest absolute Gasteiger partial charge is 0.469 e. The van der Waals surface area contributed by atoms with Gasteiger partial charge in [0, 0.05) is 6.42 Å². The maximum atomic E-state index is 10.1. The van der Waals surface area contributed by atoms with Crippen LogP contribution in [-0.4, -0.2) is 20.2 Å². The lowest BCUT2D eigenvalue weighted by atomic mass is 10.5. The molecule has 0 aromatic rings. The minimum atomic E-state index is -4.43. The van der Waals surface area contributed by atoms with Crippen LogP contribution in [0.3, 0.4) is 0 Å². The molecule has 0 rings (SSSR count). The van der Waals surface area contributed by atoms with Crippen LogP contribution < -0.4 is 0 Å². The zero-order valence-corrected chi connectivity index (χ0v) is 8.37. The predicted octanol–water partition coefficient (Wildman–Crippen LogP) is 1.86. The highest BCUT2D eigenvalue weighted by Gasteiger charge is 2.22. The normalized spacial score (nSPS) is 13.5. The molecule has 4 nitrogen and oxygen atoms in total. The molecule has 0 radical (unpaired) electrons. The Morgan fingerprint density at radius 2 is 1.82 bits per heavy atom. The second-order valence-electron chi connectivity index (χ2n) is 1.69. The first-order valence-corrected chi connectivity index (χ1v) is 5.14. The topological polar surface area (TPSA) is 66.8 Å². The van der Waals surface area contributed by atoms with Gasteiger partial charge >= 0.3 is 7.82 Å². The minimum Gasteiger partial charge on any atom is -0.303 e. The van der Waals surface area contributed by atoms with E-state index in [2.05, 4.69) is 4.52 Å². The van der Waals surface area contributed by atoms with Gasteiger partial charge in [-0.3, -0.25) is 4.52 Å². The van der Waals surface area contributed by atoms with Crippen LogP contribution in [0.25, 0.3) is 0 Å². The van der Waals surface area contributed by atoms with E-state index in [0.717, 1.165) is 0 Å². The van der Waals surface area contributed by atoms with Crippen molar-refractivity contribution >= 4 is 42.6 Å². The van der Waals surface area contributed by atoms with Gasteiger partial charge in [-0.15, -0.1) is 0 Å². The third-order valence-corrected chi connectivity index (χ3v) is 1.73. The van der Waals surface area contributed by atoms with Crippen molar-refractivity contribution in [3.8, 4) is 0 Å². The SMILES string of the molecule is O=P(O)(O)OCCC(Cl)(Cl)Cl. The molecule has 0 saturated heterocycles. The van der Waals surface area contributed by atoms with Gasteiger partial charge in [-0.25, -0.2) is 4.57 Å². The maximum absolute atomic E-state index is 10.1.